The Morgan fingerprint density at radius 3 is 2.82 bits per heavy atom. The number of ether oxygens (including phenoxy) is 1. The molecular weight excluding hydrogens is 240 g/mol. The second kappa shape index (κ2) is 6.96. The average molecular weight is 261 g/mol. The van der Waals surface area contributed by atoms with Gasteiger partial charge in [0, 0.05) is 12.6 Å². The maximum absolute atomic E-state index is 6.14. The third kappa shape index (κ3) is 3.67. The minimum atomic E-state index is -0.140. The molecule has 0 bridgehead atoms. The van der Waals surface area contributed by atoms with Crippen LogP contribution in [0.1, 0.15) is 45.0 Å². The van der Waals surface area contributed by atoms with E-state index >= 15 is 0 Å². The maximum Gasteiger partial charge on any atom is 0.0877 e. The van der Waals surface area contributed by atoms with Gasteiger partial charge in [0.15, 0.2) is 0 Å². The highest BCUT2D eigenvalue weighted by Gasteiger charge is 2.20. The Balaban J connectivity index is 2.82. The molecule has 98 valence electrons. The van der Waals surface area contributed by atoms with Crippen LogP contribution >= 0.6 is 11.6 Å². The molecule has 1 aromatic heterocycles. The van der Waals surface area contributed by atoms with Crippen molar-refractivity contribution >= 4 is 11.6 Å². The minimum Gasteiger partial charge on any atom is -0.379 e. The quantitative estimate of drug-likeness (QED) is 0.447. The van der Waals surface area contributed by atoms with E-state index in [9.17, 15) is 0 Å². The minimum absolute atomic E-state index is 0.140. The fourth-order valence-corrected chi connectivity index (χ4v) is 1.90. The smallest absolute Gasteiger partial charge is 0.0877 e. The summed E-state index contributed by atoms with van der Waals surface area (Å²) in [7, 11) is 0. The molecule has 1 rings (SSSR count). The number of nitrogens with two attached hydrogens (primary N) is 1. The summed E-state index contributed by atoms with van der Waals surface area (Å²) in [5.41, 5.74) is 3.60. The summed E-state index contributed by atoms with van der Waals surface area (Å²) >= 11 is 6.14. The molecule has 5 nitrogen and oxygen atoms in total. The number of hydrogen-bond donors (Lipinski definition) is 2. The molecule has 6 heteroatoms. The fourth-order valence-electron chi connectivity index (χ4n) is 1.64. The summed E-state index contributed by atoms with van der Waals surface area (Å²) in [6.07, 6.45) is 2.62. The van der Waals surface area contributed by atoms with Crippen molar-refractivity contribution in [1.82, 2.24) is 15.2 Å². The van der Waals surface area contributed by atoms with Gasteiger partial charge in [-0.15, -0.1) is 0 Å². The molecule has 0 spiro atoms. The van der Waals surface area contributed by atoms with E-state index < -0.39 is 0 Å². The Labute approximate surface area is 107 Å². The van der Waals surface area contributed by atoms with Gasteiger partial charge in [-0.25, -0.2) is 5.43 Å². The highest BCUT2D eigenvalue weighted by Crippen LogP contribution is 2.25. The van der Waals surface area contributed by atoms with Crippen molar-refractivity contribution in [2.24, 2.45) is 5.84 Å². The average Bonchev–Trinajstić information content (AvgIpc) is 2.67. The fraction of sp³-hybridized carbons (Fsp3) is 0.727. The van der Waals surface area contributed by atoms with E-state index in [0.717, 1.165) is 12.1 Å². The van der Waals surface area contributed by atoms with Gasteiger partial charge < -0.3 is 4.74 Å². The Hall–Kier alpha value is -0.620. The molecule has 0 aliphatic carbocycles. The first-order valence-electron chi connectivity index (χ1n) is 5.88. The Kier molecular flexibility index (Phi) is 5.91. The first-order chi connectivity index (χ1) is 8.11. The Morgan fingerprint density at radius 1 is 1.59 bits per heavy atom. The first-order valence-corrected chi connectivity index (χ1v) is 6.26. The van der Waals surface area contributed by atoms with Gasteiger partial charge in [-0.1, -0.05) is 18.5 Å². The molecule has 1 unspecified atom stereocenters. The zero-order chi connectivity index (χ0) is 12.8. The summed E-state index contributed by atoms with van der Waals surface area (Å²) < 4.78 is 7.37. The van der Waals surface area contributed by atoms with E-state index in [2.05, 4.69) is 17.4 Å². The van der Waals surface area contributed by atoms with Crippen molar-refractivity contribution in [3.8, 4) is 0 Å². The van der Waals surface area contributed by atoms with E-state index in [1.54, 1.807) is 6.20 Å². The van der Waals surface area contributed by atoms with E-state index in [0.29, 0.717) is 18.2 Å². The lowest BCUT2D eigenvalue weighted by Gasteiger charge is -2.20. The molecule has 0 aliphatic rings. The lowest BCUT2D eigenvalue weighted by Crippen LogP contribution is -2.33. The molecular formula is C11H21ClN4O. The number of halogens is 1. The van der Waals surface area contributed by atoms with Crippen LogP contribution in [0.15, 0.2) is 6.20 Å². The zero-order valence-corrected chi connectivity index (χ0v) is 11.4. The van der Waals surface area contributed by atoms with Crippen LogP contribution in [-0.4, -0.2) is 23.0 Å². The van der Waals surface area contributed by atoms with Crippen LogP contribution in [0.5, 0.6) is 0 Å². The van der Waals surface area contributed by atoms with Crippen molar-refractivity contribution in [3.63, 3.8) is 0 Å². The molecule has 3 N–H and O–H groups in total. The molecule has 0 aromatic carbocycles. The topological polar surface area (TPSA) is 65.1 Å². The molecule has 1 aromatic rings. The molecule has 1 atom stereocenters. The molecule has 0 radical (unpaired) electrons. The van der Waals surface area contributed by atoms with Crippen LogP contribution in [-0.2, 0) is 4.74 Å². The highest BCUT2D eigenvalue weighted by atomic mass is 35.5. The van der Waals surface area contributed by atoms with Crippen LogP contribution in [0.2, 0.25) is 5.02 Å². The summed E-state index contributed by atoms with van der Waals surface area (Å²) in [6, 6.07) is 0.0958. The van der Waals surface area contributed by atoms with Crippen LogP contribution in [0, 0.1) is 0 Å². The normalized spacial score (nSPS) is 13.3. The molecule has 1 heterocycles. The number of aromatic nitrogens is 2. The third-order valence-electron chi connectivity index (χ3n) is 2.44. The summed E-state index contributed by atoms with van der Waals surface area (Å²) in [4.78, 5) is 0. The lowest BCUT2D eigenvalue weighted by atomic mass is 10.2. The molecule has 17 heavy (non-hydrogen) atoms. The summed E-state index contributed by atoms with van der Waals surface area (Å²) in [6.45, 7) is 7.37. The Bertz CT molecular complexity index is 340. The molecule has 0 saturated carbocycles. The number of hydrazine groups is 1. The maximum atomic E-state index is 6.14. The summed E-state index contributed by atoms with van der Waals surface area (Å²) in [5, 5.41) is 4.86. The van der Waals surface area contributed by atoms with Crippen molar-refractivity contribution in [3.05, 3.63) is 16.9 Å². The Morgan fingerprint density at radius 2 is 2.29 bits per heavy atom. The lowest BCUT2D eigenvalue weighted by molar-refractivity contribution is 0.109. The van der Waals surface area contributed by atoms with Gasteiger partial charge >= 0.3 is 0 Å². The van der Waals surface area contributed by atoms with Gasteiger partial charge in [0.05, 0.1) is 29.6 Å². The van der Waals surface area contributed by atoms with Gasteiger partial charge in [-0.2, -0.15) is 5.10 Å². The first kappa shape index (κ1) is 14.4. The van der Waals surface area contributed by atoms with Crippen LogP contribution in [0.4, 0.5) is 0 Å². The predicted molar refractivity (Wildman–Crippen MR) is 68.8 cm³/mol. The van der Waals surface area contributed by atoms with Crippen LogP contribution in [0.25, 0.3) is 0 Å². The largest absolute Gasteiger partial charge is 0.379 e. The third-order valence-corrected chi connectivity index (χ3v) is 2.73. The van der Waals surface area contributed by atoms with Crippen molar-refractivity contribution < 1.29 is 4.74 Å². The summed E-state index contributed by atoms with van der Waals surface area (Å²) in [5.74, 6) is 5.55. The van der Waals surface area contributed by atoms with Crippen molar-refractivity contribution in [1.29, 1.82) is 0 Å². The van der Waals surface area contributed by atoms with E-state index in [1.807, 2.05) is 18.5 Å². The van der Waals surface area contributed by atoms with Crippen LogP contribution < -0.4 is 11.3 Å². The van der Waals surface area contributed by atoms with E-state index in [4.69, 9.17) is 22.2 Å². The van der Waals surface area contributed by atoms with E-state index in [-0.39, 0.29) is 12.1 Å². The van der Waals surface area contributed by atoms with Crippen LogP contribution in [0.3, 0.4) is 0 Å². The van der Waals surface area contributed by atoms with Gasteiger partial charge in [0.2, 0.25) is 0 Å². The second-order valence-electron chi connectivity index (χ2n) is 4.21. The van der Waals surface area contributed by atoms with E-state index in [1.165, 1.54) is 0 Å². The number of rotatable bonds is 7. The van der Waals surface area contributed by atoms with Crippen molar-refractivity contribution in [2.45, 2.75) is 39.3 Å². The number of nitrogens with zero attached hydrogens (tertiary/aromatic N) is 2. The van der Waals surface area contributed by atoms with Gasteiger partial charge in [0.25, 0.3) is 0 Å². The standard InChI is InChI=1S/C11H21ClN4O/c1-4-5-17-7-10(15-13)11-9(12)6-14-16(11)8(2)3/h6,8,10,15H,4-5,7,13H2,1-3H3. The molecule has 0 amide bonds. The van der Waals surface area contributed by atoms with Gasteiger partial charge in [0.1, 0.15) is 0 Å². The van der Waals surface area contributed by atoms with Gasteiger partial charge in [-0.05, 0) is 20.3 Å². The zero-order valence-electron chi connectivity index (χ0n) is 10.6. The van der Waals surface area contributed by atoms with Gasteiger partial charge in [-0.3, -0.25) is 10.5 Å². The monoisotopic (exact) mass is 260 g/mol. The molecule has 0 aliphatic heterocycles. The second-order valence-corrected chi connectivity index (χ2v) is 4.62. The highest BCUT2D eigenvalue weighted by molar-refractivity contribution is 6.31. The van der Waals surface area contributed by atoms with Crippen molar-refractivity contribution in [2.75, 3.05) is 13.2 Å². The predicted octanol–water partition coefficient (Wildman–Crippen LogP) is 2.05. The number of hydrogen-bond acceptors (Lipinski definition) is 4. The molecule has 0 saturated heterocycles. The SMILES string of the molecule is CCCOCC(NN)c1c(Cl)cnn1C(C)C. The molecule has 0 fully saturated rings. The number of nitrogens with one attached hydrogen (secondary N) is 1.